The molecule has 3 heterocycles. The Balaban J connectivity index is 1.53. The van der Waals surface area contributed by atoms with Crippen molar-refractivity contribution < 1.29 is 9.53 Å². The molecule has 0 saturated carbocycles. The Morgan fingerprint density at radius 1 is 1.40 bits per heavy atom. The van der Waals surface area contributed by atoms with Crippen LogP contribution in [0.15, 0.2) is 24.5 Å². The van der Waals surface area contributed by atoms with Crippen LogP contribution in [-0.4, -0.2) is 41.0 Å². The second-order valence-corrected chi connectivity index (χ2v) is 7.58. The number of nitrogens with zero attached hydrogens (tertiary/aromatic N) is 3. The predicted octanol–water partition coefficient (Wildman–Crippen LogP) is 2.96. The number of amides is 1. The summed E-state index contributed by atoms with van der Waals surface area (Å²) >= 11 is 1.56. The van der Waals surface area contributed by atoms with Crippen LogP contribution in [0.2, 0.25) is 0 Å². The Morgan fingerprint density at radius 2 is 2.28 bits per heavy atom. The van der Waals surface area contributed by atoms with Crippen LogP contribution in [0.25, 0.3) is 0 Å². The van der Waals surface area contributed by atoms with E-state index < -0.39 is 0 Å². The van der Waals surface area contributed by atoms with Crippen molar-refractivity contribution in [3.8, 4) is 5.88 Å². The van der Waals surface area contributed by atoms with E-state index in [0.29, 0.717) is 16.9 Å². The summed E-state index contributed by atoms with van der Waals surface area (Å²) in [6.45, 7) is 4.60. The standard InChI is InChI=1S/C18H24N4O2S/c1-13(23)21-18-20-10-16(25-18)12-22-7-3-4-15(11-22)8-14-5-6-17(24-2)19-9-14/h5-6,9-10,15H,3-4,7-8,11-12H2,1-2H3,(H,20,21,23). The van der Waals surface area contributed by atoms with Crippen LogP contribution in [0, 0.1) is 5.92 Å². The Bertz CT molecular complexity index is 701. The molecule has 1 atom stereocenters. The highest BCUT2D eigenvalue weighted by molar-refractivity contribution is 7.15. The highest BCUT2D eigenvalue weighted by atomic mass is 32.1. The van der Waals surface area contributed by atoms with Gasteiger partial charge in [-0.1, -0.05) is 6.07 Å². The number of nitrogens with one attached hydrogen (secondary N) is 1. The van der Waals surface area contributed by atoms with Crippen LogP contribution in [-0.2, 0) is 17.8 Å². The molecule has 7 heteroatoms. The summed E-state index contributed by atoms with van der Waals surface area (Å²) in [5.74, 6) is 1.23. The fraction of sp³-hybridized carbons (Fsp3) is 0.500. The molecule has 2 aromatic heterocycles. The quantitative estimate of drug-likeness (QED) is 0.858. The lowest BCUT2D eigenvalue weighted by molar-refractivity contribution is -0.114. The zero-order valence-corrected chi connectivity index (χ0v) is 15.5. The number of methoxy groups -OCH3 is 1. The third-order valence-electron chi connectivity index (χ3n) is 4.35. The molecule has 0 bridgehead atoms. The van der Waals surface area contributed by atoms with Crippen molar-refractivity contribution in [2.75, 3.05) is 25.5 Å². The van der Waals surface area contributed by atoms with Crippen molar-refractivity contribution in [1.29, 1.82) is 0 Å². The summed E-state index contributed by atoms with van der Waals surface area (Å²) in [6.07, 6.45) is 7.30. The van der Waals surface area contributed by atoms with E-state index >= 15 is 0 Å². The Labute approximate surface area is 152 Å². The highest BCUT2D eigenvalue weighted by Gasteiger charge is 2.21. The average molecular weight is 360 g/mol. The van der Waals surface area contributed by atoms with Crippen molar-refractivity contribution in [3.63, 3.8) is 0 Å². The molecule has 1 aliphatic heterocycles. The SMILES string of the molecule is COc1ccc(CC2CCCN(Cc3cnc(NC(C)=O)s3)C2)cn1. The van der Waals surface area contributed by atoms with Crippen LogP contribution in [0.3, 0.4) is 0 Å². The smallest absolute Gasteiger partial charge is 0.223 e. The maximum atomic E-state index is 11.1. The van der Waals surface area contributed by atoms with Gasteiger partial charge >= 0.3 is 0 Å². The van der Waals surface area contributed by atoms with Gasteiger partial charge < -0.3 is 10.1 Å². The van der Waals surface area contributed by atoms with E-state index in [-0.39, 0.29) is 5.91 Å². The van der Waals surface area contributed by atoms with Gasteiger partial charge in [0.25, 0.3) is 0 Å². The number of carbonyl (C=O) groups is 1. The summed E-state index contributed by atoms with van der Waals surface area (Å²) < 4.78 is 5.12. The topological polar surface area (TPSA) is 67.3 Å². The van der Waals surface area contributed by atoms with E-state index in [2.05, 4.69) is 26.3 Å². The monoisotopic (exact) mass is 360 g/mol. The van der Waals surface area contributed by atoms with Gasteiger partial charge in [-0.3, -0.25) is 9.69 Å². The van der Waals surface area contributed by atoms with Gasteiger partial charge in [-0.15, -0.1) is 11.3 Å². The van der Waals surface area contributed by atoms with Crippen LogP contribution < -0.4 is 10.1 Å². The first kappa shape index (κ1) is 17.8. The lowest BCUT2D eigenvalue weighted by Gasteiger charge is -2.32. The van der Waals surface area contributed by atoms with E-state index in [1.54, 1.807) is 18.4 Å². The number of carbonyl (C=O) groups excluding carboxylic acids is 1. The molecule has 1 N–H and O–H groups in total. The van der Waals surface area contributed by atoms with Crippen LogP contribution in [0.5, 0.6) is 5.88 Å². The molecule has 25 heavy (non-hydrogen) atoms. The van der Waals surface area contributed by atoms with Crippen molar-refractivity contribution in [3.05, 3.63) is 35.0 Å². The first-order valence-corrected chi connectivity index (χ1v) is 9.37. The van der Waals surface area contributed by atoms with Crippen molar-refractivity contribution in [2.24, 2.45) is 5.92 Å². The third-order valence-corrected chi connectivity index (χ3v) is 5.25. The molecule has 0 aliphatic carbocycles. The normalized spacial score (nSPS) is 18.1. The number of hydrogen-bond acceptors (Lipinski definition) is 6. The van der Waals surface area contributed by atoms with E-state index in [0.717, 1.165) is 26.1 Å². The number of aromatic nitrogens is 2. The molecular weight excluding hydrogens is 336 g/mol. The molecule has 1 amide bonds. The second-order valence-electron chi connectivity index (χ2n) is 6.47. The van der Waals surface area contributed by atoms with E-state index in [9.17, 15) is 4.79 Å². The summed E-state index contributed by atoms with van der Waals surface area (Å²) in [6, 6.07) is 4.03. The van der Waals surface area contributed by atoms with Gasteiger partial charge in [0.05, 0.1) is 7.11 Å². The molecule has 134 valence electrons. The van der Waals surface area contributed by atoms with Gasteiger partial charge in [0.2, 0.25) is 11.8 Å². The van der Waals surface area contributed by atoms with Crippen molar-refractivity contribution in [1.82, 2.24) is 14.9 Å². The lowest BCUT2D eigenvalue weighted by Crippen LogP contribution is -2.35. The Hall–Kier alpha value is -1.99. The molecule has 1 aliphatic rings. The van der Waals surface area contributed by atoms with Crippen LogP contribution >= 0.6 is 11.3 Å². The minimum absolute atomic E-state index is 0.0768. The largest absolute Gasteiger partial charge is 0.481 e. The fourth-order valence-electron chi connectivity index (χ4n) is 3.26. The van der Waals surface area contributed by atoms with Gasteiger partial charge in [-0.2, -0.15) is 0 Å². The van der Waals surface area contributed by atoms with Gasteiger partial charge in [-0.05, 0) is 37.3 Å². The maximum Gasteiger partial charge on any atom is 0.223 e. The zero-order chi connectivity index (χ0) is 17.6. The number of anilines is 1. The summed E-state index contributed by atoms with van der Waals surface area (Å²) in [5, 5.41) is 3.43. The molecule has 3 rings (SSSR count). The van der Waals surface area contributed by atoms with E-state index in [4.69, 9.17) is 4.74 Å². The van der Waals surface area contributed by atoms with Crippen molar-refractivity contribution >= 4 is 22.4 Å². The van der Waals surface area contributed by atoms with Crippen molar-refractivity contribution in [2.45, 2.75) is 32.7 Å². The molecular formula is C18H24N4O2S. The number of likely N-dealkylation sites (tertiary alicyclic amines) is 1. The molecule has 1 saturated heterocycles. The van der Waals surface area contributed by atoms with Crippen LogP contribution in [0.1, 0.15) is 30.2 Å². The number of hydrogen-bond donors (Lipinski definition) is 1. The summed E-state index contributed by atoms with van der Waals surface area (Å²) in [7, 11) is 1.64. The van der Waals surface area contributed by atoms with E-state index in [1.165, 1.54) is 30.2 Å². The highest BCUT2D eigenvalue weighted by Crippen LogP contribution is 2.25. The molecule has 0 radical (unpaired) electrons. The van der Waals surface area contributed by atoms with Gasteiger partial charge in [0, 0.05) is 43.4 Å². The van der Waals surface area contributed by atoms with Gasteiger partial charge in [0.1, 0.15) is 0 Å². The Morgan fingerprint density at radius 3 is 3.00 bits per heavy atom. The molecule has 0 aromatic carbocycles. The first-order valence-electron chi connectivity index (χ1n) is 8.56. The number of piperidine rings is 1. The summed E-state index contributed by atoms with van der Waals surface area (Å²) in [5.41, 5.74) is 1.26. The lowest BCUT2D eigenvalue weighted by atomic mass is 9.92. The molecule has 2 aromatic rings. The predicted molar refractivity (Wildman–Crippen MR) is 98.9 cm³/mol. The number of pyridine rings is 1. The maximum absolute atomic E-state index is 11.1. The van der Waals surface area contributed by atoms with E-state index in [1.807, 2.05) is 18.5 Å². The zero-order valence-electron chi connectivity index (χ0n) is 14.7. The third kappa shape index (κ3) is 5.24. The van der Waals surface area contributed by atoms with Crippen LogP contribution in [0.4, 0.5) is 5.13 Å². The first-order chi connectivity index (χ1) is 12.1. The minimum atomic E-state index is -0.0768. The number of thiazole rings is 1. The summed E-state index contributed by atoms with van der Waals surface area (Å²) in [4.78, 5) is 23.3. The number of ether oxygens (including phenoxy) is 1. The molecule has 1 unspecified atom stereocenters. The minimum Gasteiger partial charge on any atom is -0.481 e. The Kier molecular flexibility index (Phi) is 5.99. The average Bonchev–Trinajstić information content (AvgIpc) is 3.02. The van der Waals surface area contributed by atoms with Gasteiger partial charge in [0.15, 0.2) is 5.13 Å². The second kappa shape index (κ2) is 8.40. The van der Waals surface area contributed by atoms with Gasteiger partial charge in [-0.25, -0.2) is 9.97 Å². The molecule has 0 spiro atoms. The number of rotatable bonds is 6. The molecule has 6 nitrogen and oxygen atoms in total. The fourth-order valence-corrected chi connectivity index (χ4v) is 4.16. The molecule has 1 fully saturated rings.